The number of hydrogen-bond donors (Lipinski definition) is 2. The van der Waals surface area contributed by atoms with Gasteiger partial charge in [-0.3, -0.25) is 9.59 Å². The number of carbonyl (C=O) groups excluding carboxylic acids is 2. The van der Waals surface area contributed by atoms with E-state index in [1.54, 1.807) is 6.07 Å². The van der Waals surface area contributed by atoms with Gasteiger partial charge in [-0.1, -0.05) is 30.1 Å². The summed E-state index contributed by atoms with van der Waals surface area (Å²) in [7, 11) is 0. The summed E-state index contributed by atoms with van der Waals surface area (Å²) in [5.41, 5.74) is 0.368. The van der Waals surface area contributed by atoms with Gasteiger partial charge in [0.1, 0.15) is 0 Å². The quantitative estimate of drug-likeness (QED) is 0.873. The third-order valence-electron chi connectivity index (χ3n) is 2.16. The van der Waals surface area contributed by atoms with Crippen LogP contribution in [0, 0.1) is 0 Å². The van der Waals surface area contributed by atoms with Gasteiger partial charge in [0.2, 0.25) is 5.91 Å². The number of carbonyl (C=O) groups is 2. The van der Waals surface area contributed by atoms with Crippen LogP contribution in [-0.4, -0.2) is 24.9 Å². The summed E-state index contributed by atoms with van der Waals surface area (Å²) in [6.07, 6.45) is 0.854. The summed E-state index contributed by atoms with van der Waals surface area (Å²) < 4.78 is 0. The Morgan fingerprint density at radius 2 is 1.89 bits per heavy atom. The third-order valence-corrected chi connectivity index (χ3v) is 2.90. The maximum atomic E-state index is 11.7. The molecule has 0 aromatic heterocycles. The minimum Gasteiger partial charge on any atom is -0.355 e. The fourth-order valence-electron chi connectivity index (χ4n) is 1.23. The molecule has 0 radical (unpaired) electrons. The Labute approximate surface area is 116 Å². The smallest absolute Gasteiger partial charge is 0.251 e. The molecule has 1 aromatic carbocycles. The molecular weight excluding hydrogens is 275 g/mol. The molecule has 6 heteroatoms. The lowest BCUT2D eigenvalue weighted by Crippen LogP contribution is -2.37. The van der Waals surface area contributed by atoms with Gasteiger partial charge < -0.3 is 10.6 Å². The number of nitrogens with one attached hydrogen (secondary N) is 2. The van der Waals surface area contributed by atoms with Gasteiger partial charge in [0.05, 0.1) is 16.6 Å². The van der Waals surface area contributed by atoms with E-state index >= 15 is 0 Å². The maximum absolute atomic E-state index is 11.7. The first-order valence-corrected chi connectivity index (χ1v) is 6.30. The maximum Gasteiger partial charge on any atom is 0.251 e. The van der Waals surface area contributed by atoms with E-state index in [1.165, 1.54) is 12.1 Å². The van der Waals surface area contributed by atoms with Crippen molar-refractivity contribution in [2.45, 2.75) is 13.3 Å². The van der Waals surface area contributed by atoms with Gasteiger partial charge >= 0.3 is 0 Å². The summed E-state index contributed by atoms with van der Waals surface area (Å²) in [5, 5.41) is 5.85. The number of benzene rings is 1. The fourth-order valence-corrected chi connectivity index (χ4v) is 1.52. The lowest BCUT2D eigenvalue weighted by molar-refractivity contribution is -0.120. The van der Waals surface area contributed by atoms with Gasteiger partial charge in [0.15, 0.2) is 0 Å². The highest BCUT2D eigenvalue weighted by atomic mass is 35.5. The van der Waals surface area contributed by atoms with Crippen molar-refractivity contribution in [3.05, 3.63) is 33.8 Å². The van der Waals surface area contributed by atoms with E-state index < -0.39 is 0 Å². The summed E-state index contributed by atoms with van der Waals surface area (Å²) in [4.78, 5) is 23.0. The molecule has 2 N–H and O–H groups in total. The van der Waals surface area contributed by atoms with Crippen molar-refractivity contribution in [3.63, 3.8) is 0 Å². The van der Waals surface area contributed by atoms with Crippen LogP contribution in [0.2, 0.25) is 10.0 Å². The van der Waals surface area contributed by atoms with Gasteiger partial charge in [-0.25, -0.2) is 0 Å². The van der Waals surface area contributed by atoms with Crippen molar-refractivity contribution >= 4 is 35.0 Å². The second-order valence-corrected chi connectivity index (χ2v) is 4.48. The third kappa shape index (κ3) is 4.55. The van der Waals surface area contributed by atoms with Crippen LogP contribution < -0.4 is 10.6 Å². The predicted molar refractivity (Wildman–Crippen MR) is 72.1 cm³/mol. The second kappa shape index (κ2) is 7.24. The average molecular weight is 289 g/mol. The summed E-state index contributed by atoms with van der Waals surface area (Å²) >= 11 is 11.5. The Hall–Kier alpha value is -1.26. The topological polar surface area (TPSA) is 58.2 Å². The van der Waals surface area contributed by atoms with Gasteiger partial charge in [-0.05, 0) is 24.6 Å². The van der Waals surface area contributed by atoms with Crippen molar-refractivity contribution in [1.29, 1.82) is 0 Å². The summed E-state index contributed by atoms with van der Waals surface area (Å²) in [6, 6.07) is 4.55. The zero-order chi connectivity index (χ0) is 13.5. The van der Waals surface area contributed by atoms with Crippen LogP contribution in [0.4, 0.5) is 0 Å². The van der Waals surface area contributed by atoms with Crippen molar-refractivity contribution in [3.8, 4) is 0 Å². The minimum absolute atomic E-state index is 0.0565. The molecule has 0 heterocycles. The molecule has 0 bridgehead atoms. The zero-order valence-corrected chi connectivity index (χ0v) is 11.4. The van der Waals surface area contributed by atoms with E-state index in [4.69, 9.17) is 23.2 Å². The van der Waals surface area contributed by atoms with Crippen molar-refractivity contribution in [1.82, 2.24) is 10.6 Å². The van der Waals surface area contributed by atoms with Crippen LogP contribution in [0.5, 0.6) is 0 Å². The highest BCUT2D eigenvalue weighted by Crippen LogP contribution is 2.22. The Balaban J connectivity index is 2.50. The Bertz CT molecular complexity index is 450. The predicted octanol–water partition coefficient (Wildman–Crippen LogP) is 2.25. The van der Waals surface area contributed by atoms with Crippen LogP contribution >= 0.6 is 23.2 Å². The van der Waals surface area contributed by atoms with E-state index in [0.717, 1.165) is 6.42 Å². The standard InChI is InChI=1S/C12H14Cl2N2O2/c1-2-5-15-11(17)7-16-12(18)8-3-4-9(13)10(14)6-8/h3-4,6H,2,5,7H2,1H3,(H,15,17)(H,16,18). The van der Waals surface area contributed by atoms with E-state index in [-0.39, 0.29) is 18.4 Å². The van der Waals surface area contributed by atoms with Crippen molar-refractivity contribution in [2.75, 3.05) is 13.1 Å². The Kier molecular flexibility index (Phi) is 5.95. The number of rotatable bonds is 5. The molecule has 1 aromatic rings. The molecule has 0 aliphatic carbocycles. The van der Waals surface area contributed by atoms with E-state index in [9.17, 15) is 9.59 Å². The van der Waals surface area contributed by atoms with Crippen LogP contribution in [0.3, 0.4) is 0 Å². The lowest BCUT2D eigenvalue weighted by atomic mass is 10.2. The van der Waals surface area contributed by atoms with Gasteiger partial charge in [-0.2, -0.15) is 0 Å². The molecule has 4 nitrogen and oxygen atoms in total. The molecular formula is C12H14Cl2N2O2. The average Bonchev–Trinajstić information content (AvgIpc) is 2.36. The molecule has 0 aliphatic rings. The number of amides is 2. The lowest BCUT2D eigenvalue weighted by Gasteiger charge is -2.06. The SMILES string of the molecule is CCCNC(=O)CNC(=O)c1ccc(Cl)c(Cl)c1. The molecule has 0 fully saturated rings. The van der Waals surface area contributed by atoms with Crippen LogP contribution in [0.1, 0.15) is 23.7 Å². The van der Waals surface area contributed by atoms with Crippen molar-refractivity contribution in [2.24, 2.45) is 0 Å². The Morgan fingerprint density at radius 3 is 2.50 bits per heavy atom. The van der Waals surface area contributed by atoms with Gasteiger partial charge in [-0.15, -0.1) is 0 Å². The molecule has 0 unspecified atom stereocenters. The number of hydrogen-bond acceptors (Lipinski definition) is 2. The summed E-state index contributed by atoms with van der Waals surface area (Å²) in [5.74, 6) is -0.578. The normalized spacial score (nSPS) is 9.94. The largest absolute Gasteiger partial charge is 0.355 e. The zero-order valence-electron chi connectivity index (χ0n) is 9.93. The van der Waals surface area contributed by atoms with Gasteiger partial charge in [0, 0.05) is 12.1 Å². The van der Waals surface area contributed by atoms with E-state index in [0.29, 0.717) is 22.2 Å². The van der Waals surface area contributed by atoms with Crippen molar-refractivity contribution < 1.29 is 9.59 Å². The summed E-state index contributed by atoms with van der Waals surface area (Å²) in [6.45, 7) is 2.50. The molecule has 0 saturated heterocycles. The minimum atomic E-state index is -0.361. The fraction of sp³-hybridized carbons (Fsp3) is 0.333. The van der Waals surface area contributed by atoms with Gasteiger partial charge in [0.25, 0.3) is 5.91 Å². The van der Waals surface area contributed by atoms with E-state index in [1.807, 2.05) is 6.92 Å². The first-order valence-electron chi connectivity index (χ1n) is 5.54. The molecule has 0 aliphatic heterocycles. The van der Waals surface area contributed by atoms with Crippen LogP contribution in [-0.2, 0) is 4.79 Å². The molecule has 0 atom stereocenters. The molecule has 18 heavy (non-hydrogen) atoms. The van der Waals surface area contributed by atoms with Crippen LogP contribution in [0.25, 0.3) is 0 Å². The molecule has 2 amide bonds. The molecule has 1 rings (SSSR count). The van der Waals surface area contributed by atoms with E-state index in [2.05, 4.69) is 10.6 Å². The monoisotopic (exact) mass is 288 g/mol. The highest BCUT2D eigenvalue weighted by Gasteiger charge is 2.09. The number of halogens is 2. The van der Waals surface area contributed by atoms with Crippen LogP contribution in [0.15, 0.2) is 18.2 Å². The molecule has 98 valence electrons. The highest BCUT2D eigenvalue weighted by molar-refractivity contribution is 6.42. The first kappa shape index (κ1) is 14.8. The molecule has 0 spiro atoms. The Morgan fingerprint density at radius 1 is 1.17 bits per heavy atom. The first-order chi connectivity index (χ1) is 8.54. The molecule has 0 saturated carbocycles. The second-order valence-electron chi connectivity index (χ2n) is 3.66.